The molecule has 45 valence electrons. The quantitative estimate of drug-likeness (QED) is 0.513. The SMILES string of the molecule is CC(C)C1C[C]1C=S. The van der Waals surface area contributed by atoms with Crippen LogP contribution in [0, 0.1) is 17.8 Å². The van der Waals surface area contributed by atoms with E-state index in [2.05, 4.69) is 13.8 Å². The highest BCUT2D eigenvalue weighted by molar-refractivity contribution is 7.79. The van der Waals surface area contributed by atoms with Gasteiger partial charge >= 0.3 is 0 Å². The van der Waals surface area contributed by atoms with E-state index in [9.17, 15) is 0 Å². The van der Waals surface area contributed by atoms with Crippen molar-refractivity contribution in [1.82, 2.24) is 0 Å². The van der Waals surface area contributed by atoms with Crippen LogP contribution in [0.25, 0.3) is 0 Å². The van der Waals surface area contributed by atoms with Crippen LogP contribution in [-0.2, 0) is 0 Å². The third-order valence-electron chi connectivity index (χ3n) is 1.73. The molecule has 1 unspecified atom stereocenters. The molecule has 1 atom stereocenters. The van der Waals surface area contributed by atoms with Gasteiger partial charge in [0, 0.05) is 5.92 Å². The fourth-order valence-corrected chi connectivity index (χ4v) is 1.27. The van der Waals surface area contributed by atoms with E-state index < -0.39 is 0 Å². The first-order chi connectivity index (χ1) is 3.75. The molecule has 0 heterocycles. The molecular weight excluding hydrogens is 116 g/mol. The molecular formula is C7H11S. The van der Waals surface area contributed by atoms with E-state index in [-0.39, 0.29) is 0 Å². The normalized spacial score (nSPS) is 28.6. The van der Waals surface area contributed by atoms with E-state index in [1.54, 1.807) is 0 Å². The van der Waals surface area contributed by atoms with E-state index in [4.69, 9.17) is 12.2 Å². The van der Waals surface area contributed by atoms with Crippen LogP contribution in [-0.4, -0.2) is 5.37 Å². The zero-order valence-electron chi connectivity index (χ0n) is 5.35. The Labute approximate surface area is 56.3 Å². The molecule has 0 saturated heterocycles. The van der Waals surface area contributed by atoms with Crippen molar-refractivity contribution in [3.05, 3.63) is 5.92 Å². The zero-order valence-corrected chi connectivity index (χ0v) is 6.16. The Morgan fingerprint density at radius 2 is 2.38 bits per heavy atom. The summed E-state index contributed by atoms with van der Waals surface area (Å²) in [6.07, 6.45) is 1.27. The van der Waals surface area contributed by atoms with Crippen molar-refractivity contribution >= 4 is 17.6 Å². The fourth-order valence-electron chi connectivity index (χ4n) is 0.994. The predicted molar refractivity (Wildman–Crippen MR) is 39.8 cm³/mol. The van der Waals surface area contributed by atoms with Crippen molar-refractivity contribution in [2.75, 3.05) is 0 Å². The number of rotatable bonds is 2. The largest absolute Gasteiger partial charge is 0.0928 e. The van der Waals surface area contributed by atoms with Crippen LogP contribution < -0.4 is 0 Å². The van der Waals surface area contributed by atoms with Gasteiger partial charge in [-0.25, -0.2) is 0 Å². The van der Waals surface area contributed by atoms with Gasteiger partial charge in [-0.3, -0.25) is 0 Å². The lowest BCUT2D eigenvalue weighted by Gasteiger charge is -1.96. The summed E-state index contributed by atoms with van der Waals surface area (Å²) in [7, 11) is 0. The topological polar surface area (TPSA) is 0 Å². The molecule has 1 aliphatic carbocycles. The molecule has 1 aliphatic rings. The van der Waals surface area contributed by atoms with E-state index in [1.165, 1.54) is 12.3 Å². The van der Waals surface area contributed by atoms with Crippen LogP contribution in [0.3, 0.4) is 0 Å². The molecule has 1 fully saturated rings. The van der Waals surface area contributed by atoms with Crippen molar-refractivity contribution in [1.29, 1.82) is 0 Å². The highest BCUT2D eigenvalue weighted by Gasteiger charge is 2.37. The number of hydrogen-bond acceptors (Lipinski definition) is 1. The Morgan fingerprint density at radius 1 is 1.75 bits per heavy atom. The molecule has 1 radical (unpaired) electrons. The molecule has 0 aromatic heterocycles. The van der Waals surface area contributed by atoms with E-state index in [0.717, 1.165) is 11.8 Å². The van der Waals surface area contributed by atoms with Crippen molar-refractivity contribution in [2.24, 2.45) is 11.8 Å². The number of thiocarbonyl (C=S) groups is 1. The van der Waals surface area contributed by atoms with Crippen molar-refractivity contribution in [2.45, 2.75) is 20.3 Å². The summed E-state index contributed by atoms with van der Waals surface area (Å²) in [5, 5.41) is 1.84. The van der Waals surface area contributed by atoms with E-state index >= 15 is 0 Å². The molecule has 0 bridgehead atoms. The van der Waals surface area contributed by atoms with Gasteiger partial charge in [-0.1, -0.05) is 26.1 Å². The lowest BCUT2D eigenvalue weighted by atomic mass is 10.1. The molecule has 0 nitrogen and oxygen atoms in total. The second-order valence-corrected chi connectivity index (χ2v) is 2.98. The van der Waals surface area contributed by atoms with Crippen molar-refractivity contribution in [3.63, 3.8) is 0 Å². The number of hydrogen-bond donors (Lipinski definition) is 0. The molecule has 1 saturated carbocycles. The molecule has 0 amide bonds. The molecule has 1 rings (SSSR count). The first-order valence-electron chi connectivity index (χ1n) is 3.06. The maximum Gasteiger partial charge on any atom is 0.0122 e. The van der Waals surface area contributed by atoms with Crippen LogP contribution in [0.15, 0.2) is 0 Å². The van der Waals surface area contributed by atoms with Gasteiger partial charge in [-0.15, -0.1) is 0 Å². The Balaban J connectivity index is 2.26. The summed E-state index contributed by atoms with van der Waals surface area (Å²) in [6.45, 7) is 4.49. The second kappa shape index (κ2) is 2.14. The highest BCUT2D eigenvalue weighted by atomic mass is 32.1. The fraction of sp³-hybridized carbons (Fsp3) is 0.714. The molecule has 0 spiro atoms. The van der Waals surface area contributed by atoms with Crippen molar-refractivity contribution < 1.29 is 0 Å². The molecule has 0 N–H and O–H groups in total. The van der Waals surface area contributed by atoms with Crippen LogP contribution in [0.2, 0.25) is 0 Å². The minimum Gasteiger partial charge on any atom is -0.0928 e. The van der Waals surface area contributed by atoms with Gasteiger partial charge in [0.15, 0.2) is 0 Å². The average Bonchev–Trinajstić information content (AvgIpc) is 2.42. The van der Waals surface area contributed by atoms with Gasteiger partial charge in [-0.05, 0) is 23.6 Å². The Hall–Kier alpha value is 0.0900. The molecule has 0 aromatic rings. The Kier molecular flexibility index (Phi) is 1.66. The summed E-state index contributed by atoms with van der Waals surface area (Å²) in [5.74, 6) is 3.13. The summed E-state index contributed by atoms with van der Waals surface area (Å²) >= 11 is 4.77. The van der Waals surface area contributed by atoms with Gasteiger partial charge in [0.05, 0.1) is 0 Å². The van der Waals surface area contributed by atoms with E-state index in [0.29, 0.717) is 0 Å². The summed E-state index contributed by atoms with van der Waals surface area (Å²) < 4.78 is 0. The lowest BCUT2D eigenvalue weighted by molar-refractivity contribution is 0.576. The zero-order chi connectivity index (χ0) is 6.15. The van der Waals surface area contributed by atoms with E-state index in [1.807, 2.05) is 5.37 Å². The first-order valence-corrected chi connectivity index (χ1v) is 3.53. The monoisotopic (exact) mass is 127 g/mol. The Bertz CT molecular complexity index is 96.6. The van der Waals surface area contributed by atoms with Gasteiger partial charge in [0.25, 0.3) is 0 Å². The Morgan fingerprint density at radius 3 is 2.50 bits per heavy atom. The maximum atomic E-state index is 4.77. The predicted octanol–water partition coefficient (Wildman–Crippen LogP) is 2.24. The lowest BCUT2D eigenvalue weighted by Crippen LogP contribution is -1.90. The molecule has 0 aliphatic heterocycles. The van der Waals surface area contributed by atoms with Crippen molar-refractivity contribution in [3.8, 4) is 0 Å². The minimum absolute atomic E-state index is 0.809. The summed E-state index contributed by atoms with van der Waals surface area (Å²) in [4.78, 5) is 0. The minimum atomic E-state index is 0.809. The summed E-state index contributed by atoms with van der Waals surface area (Å²) in [6, 6.07) is 0. The first kappa shape index (κ1) is 6.21. The smallest absolute Gasteiger partial charge is 0.0122 e. The molecule has 8 heavy (non-hydrogen) atoms. The molecule has 0 aromatic carbocycles. The van der Waals surface area contributed by atoms with Gasteiger partial charge in [-0.2, -0.15) is 0 Å². The summed E-state index contributed by atoms with van der Waals surface area (Å²) in [5.41, 5.74) is 0. The molecule has 1 heteroatoms. The maximum absolute atomic E-state index is 4.77. The average molecular weight is 127 g/mol. The van der Waals surface area contributed by atoms with Gasteiger partial charge in [0.1, 0.15) is 0 Å². The second-order valence-electron chi connectivity index (χ2n) is 2.75. The van der Waals surface area contributed by atoms with Crippen LogP contribution >= 0.6 is 12.2 Å². The van der Waals surface area contributed by atoms with Gasteiger partial charge < -0.3 is 0 Å². The van der Waals surface area contributed by atoms with Crippen LogP contribution in [0.4, 0.5) is 0 Å². The third kappa shape index (κ3) is 1.08. The van der Waals surface area contributed by atoms with Crippen LogP contribution in [0.5, 0.6) is 0 Å². The third-order valence-corrected chi connectivity index (χ3v) is 2.03. The van der Waals surface area contributed by atoms with Gasteiger partial charge in [0.2, 0.25) is 0 Å². The van der Waals surface area contributed by atoms with Crippen LogP contribution in [0.1, 0.15) is 20.3 Å². The highest BCUT2D eigenvalue weighted by Crippen LogP contribution is 2.44. The standard InChI is InChI=1S/C7H11S/c1-5(2)7-3-6(7)4-8/h4-5,7H,3H2,1-2H3.